The average Bonchev–Trinajstić information content (AvgIpc) is 3.20. The first-order chi connectivity index (χ1) is 15.8. The summed E-state index contributed by atoms with van der Waals surface area (Å²) in [4.78, 5) is 54.9. The third kappa shape index (κ3) is 5.83. The molecule has 0 bridgehead atoms. The minimum Gasteiger partial charge on any atom is -0.492 e. The van der Waals surface area contributed by atoms with Crippen molar-refractivity contribution in [3.05, 3.63) is 24.3 Å². The van der Waals surface area contributed by atoms with Crippen LogP contribution >= 0.6 is 0 Å². The molecule has 2 fully saturated rings. The van der Waals surface area contributed by atoms with Crippen LogP contribution in [-0.2, 0) is 23.9 Å². The summed E-state index contributed by atoms with van der Waals surface area (Å²) in [7, 11) is 1.59. The lowest BCUT2D eigenvalue weighted by atomic mass is 9.97. The Kier molecular flexibility index (Phi) is 8.30. The highest BCUT2D eigenvalue weighted by atomic mass is 16.5. The molecule has 3 amide bonds. The van der Waals surface area contributed by atoms with E-state index < -0.39 is 5.92 Å². The van der Waals surface area contributed by atoms with Crippen molar-refractivity contribution in [1.82, 2.24) is 9.80 Å². The number of carbonyl (C=O) groups excluding carboxylic acids is 4. The number of carbonyl (C=O) groups is 4. The maximum Gasteiger partial charge on any atom is 0.309 e. The molecular weight excluding hydrogens is 426 g/mol. The minimum atomic E-state index is -0.514. The Hall–Kier alpha value is -3.10. The Morgan fingerprint density at radius 2 is 1.76 bits per heavy atom. The first kappa shape index (κ1) is 24.5. The molecule has 1 unspecified atom stereocenters. The molecule has 3 rings (SSSR count). The number of esters is 1. The molecule has 0 aromatic heterocycles. The number of hydrogen-bond acceptors (Lipinski definition) is 6. The lowest BCUT2D eigenvalue weighted by molar-refractivity contribution is -0.151. The summed E-state index contributed by atoms with van der Waals surface area (Å²) in [5, 5.41) is 0. The molecule has 1 aromatic rings. The summed E-state index contributed by atoms with van der Waals surface area (Å²) in [6, 6.07) is 7.28. The van der Waals surface area contributed by atoms with Gasteiger partial charge in [-0.25, -0.2) is 0 Å². The highest BCUT2D eigenvalue weighted by Gasteiger charge is 2.38. The fraction of sp³-hybridized carbons (Fsp3) is 0.583. The molecule has 2 aliphatic heterocycles. The second kappa shape index (κ2) is 11.2. The van der Waals surface area contributed by atoms with Crippen LogP contribution in [0.3, 0.4) is 0 Å². The predicted octanol–water partition coefficient (Wildman–Crippen LogP) is 1.70. The second-order valence-corrected chi connectivity index (χ2v) is 8.41. The highest BCUT2D eigenvalue weighted by Crippen LogP contribution is 2.33. The van der Waals surface area contributed by atoms with Gasteiger partial charge < -0.3 is 24.2 Å². The number of nitrogens with zero attached hydrogens (tertiary/aromatic N) is 3. The van der Waals surface area contributed by atoms with Gasteiger partial charge in [-0.2, -0.15) is 0 Å². The van der Waals surface area contributed by atoms with Gasteiger partial charge in [-0.05, 0) is 38.8 Å². The zero-order valence-electron chi connectivity index (χ0n) is 19.6. The topological polar surface area (TPSA) is 96.5 Å². The van der Waals surface area contributed by atoms with Crippen molar-refractivity contribution in [3.63, 3.8) is 0 Å². The largest absolute Gasteiger partial charge is 0.492 e. The molecule has 9 heteroatoms. The molecule has 0 saturated carbocycles. The maximum absolute atomic E-state index is 13.0. The van der Waals surface area contributed by atoms with Crippen molar-refractivity contribution in [2.75, 3.05) is 51.3 Å². The number of rotatable bonds is 8. The molecule has 2 aliphatic rings. The molecule has 180 valence electrons. The molecule has 33 heavy (non-hydrogen) atoms. The summed E-state index contributed by atoms with van der Waals surface area (Å²) >= 11 is 0. The van der Waals surface area contributed by atoms with Gasteiger partial charge in [0.25, 0.3) is 0 Å². The number of likely N-dealkylation sites (N-methyl/N-ethyl adjacent to an activating group) is 1. The van der Waals surface area contributed by atoms with E-state index in [1.807, 2.05) is 25.1 Å². The lowest BCUT2D eigenvalue weighted by Gasteiger charge is -2.32. The summed E-state index contributed by atoms with van der Waals surface area (Å²) in [6.07, 6.45) is 1.23. The zero-order valence-corrected chi connectivity index (χ0v) is 19.6. The van der Waals surface area contributed by atoms with Crippen LogP contribution < -0.4 is 9.64 Å². The highest BCUT2D eigenvalue weighted by molar-refractivity contribution is 6.01. The molecule has 0 aliphatic carbocycles. The average molecular weight is 460 g/mol. The van der Waals surface area contributed by atoms with Gasteiger partial charge in [0.15, 0.2) is 0 Å². The number of amides is 3. The van der Waals surface area contributed by atoms with Gasteiger partial charge in [-0.15, -0.1) is 0 Å². The first-order valence-corrected chi connectivity index (χ1v) is 11.6. The van der Waals surface area contributed by atoms with Crippen molar-refractivity contribution >= 4 is 29.4 Å². The number of anilines is 1. The van der Waals surface area contributed by atoms with Crippen molar-refractivity contribution < 1.29 is 28.7 Å². The van der Waals surface area contributed by atoms with Crippen LogP contribution in [0.5, 0.6) is 5.75 Å². The molecule has 0 N–H and O–H groups in total. The minimum absolute atomic E-state index is 0.0525. The molecule has 1 atom stereocenters. The Labute approximate surface area is 194 Å². The molecule has 9 nitrogen and oxygen atoms in total. The van der Waals surface area contributed by atoms with E-state index in [1.54, 1.807) is 29.8 Å². The monoisotopic (exact) mass is 459 g/mol. The Balaban J connectivity index is 1.54. The van der Waals surface area contributed by atoms with Crippen molar-refractivity contribution in [1.29, 1.82) is 0 Å². The summed E-state index contributed by atoms with van der Waals surface area (Å²) in [6.45, 7) is 5.61. The van der Waals surface area contributed by atoms with Gasteiger partial charge in [-0.1, -0.05) is 12.1 Å². The van der Waals surface area contributed by atoms with Gasteiger partial charge in [-0.3, -0.25) is 19.2 Å². The van der Waals surface area contributed by atoms with E-state index in [2.05, 4.69) is 0 Å². The number of piperidine rings is 1. The summed E-state index contributed by atoms with van der Waals surface area (Å²) in [5.41, 5.74) is 0.655. The standard InChI is InChI=1S/C24H33N3O6/c1-4-32-20-9-7-6-8-19(20)27-15-18(14-21(27)28)23(30)25(3)16-22(29)26-12-10-17(11-13-26)24(31)33-5-2/h6-9,17-18H,4-5,10-16H2,1-3H3. The van der Waals surface area contributed by atoms with E-state index in [0.29, 0.717) is 50.6 Å². The number of hydrogen-bond donors (Lipinski definition) is 0. The van der Waals surface area contributed by atoms with Gasteiger partial charge in [0.1, 0.15) is 5.75 Å². The first-order valence-electron chi connectivity index (χ1n) is 11.6. The SMILES string of the molecule is CCOC(=O)C1CCN(C(=O)CN(C)C(=O)C2CC(=O)N(c3ccccc3OCC)C2)CC1. The van der Waals surface area contributed by atoms with Crippen LogP contribution in [0.4, 0.5) is 5.69 Å². The molecule has 2 saturated heterocycles. The number of benzene rings is 1. The number of para-hydroxylation sites is 2. The van der Waals surface area contributed by atoms with E-state index in [-0.39, 0.29) is 49.1 Å². The van der Waals surface area contributed by atoms with Crippen molar-refractivity contribution in [2.24, 2.45) is 11.8 Å². The van der Waals surface area contributed by atoms with Crippen molar-refractivity contribution in [2.45, 2.75) is 33.1 Å². The van der Waals surface area contributed by atoms with E-state index in [4.69, 9.17) is 9.47 Å². The molecule has 0 radical (unpaired) electrons. The summed E-state index contributed by atoms with van der Waals surface area (Å²) in [5.74, 6) is -0.816. The smallest absolute Gasteiger partial charge is 0.309 e. The Morgan fingerprint density at radius 3 is 2.42 bits per heavy atom. The summed E-state index contributed by atoms with van der Waals surface area (Å²) < 4.78 is 10.7. The third-order valence-electron chi connectivity index (χ3n) is 6.15. The fourth-order valence-corrected chi connectivity index (χ4v) is 4.38. The van der Waals surface area contributed by atoms with E-state index >= 15 is 0 Å². The van der Waals surface area contributed by atoms with Gasteiger partial charge >= 0.3 is 5.97 Å². The second-order valence-electron chi connectivity index (χ2n) is 8.41. The molecule has 2 heterocycles. The Morgan fingerprint density at radius 1 is 1.06 bits per heavy atom. The number of ether oxygens (including phenoxy) is 2. The maximum atomic E-state index is 13.0. The Bertz CT molecular complexity index is 881. The van der Waals surface area contributed by atoms with Crippen LogP contribution in [-0.4, -0.2) is 79.9 Å². The van der Waals surface area contributed by atoms with Crippen LogP contribution in [0.1, 0.15) is 33.1 Å². The van der Waals surface area contributed by atoms with E-state index in [1.165, 1.54) is 4.90 Å². The van der Waals surface area contributed by atoms with Crippen molar-refractivity contribution in [3.8, 4) is 5.75 Å². The van der Waals surface area contributed by atoms with E-state index in [9.17, 15) is 19.2 Å². The van der Waals surface area contributed by atoms with Gasteiger partial charge in [0, 0.05) is 33.1 Å². The zero-order chi connectivity index (χ0) is 24.0. The van der Waals surface area contributed by atoms with Crippen LogP contribution in [0.2, 0.25) is 0 Å². The fourth-order valence-electron chi connectivity index (χ4n) is 4.38. The quantitative estimate of drug-likeness (QED) is 0.549. The van der Waals surface area contributed by atoms with Gasteiger partial charge in [0.05, 0.1) is 37.3 Å². The van der Waals surface area contributed by atoms with Crippen LogP contribution in [0, 0.1) is 11.8 Å². The molecular formula is C24H33N3O6. The van der Waals surface area contributed by atoms with Crippen LogP contribution in [0.15, 0.2) is 24.3 Å². The predicted molar refractivity (Wildman–Crippen MR) is 122 cm³/mol. The lowest BCUT2D eigenvalue weighted by Crippen LogP contribution is -2.46. The van der Waals surface area contributed by atoms with Crippen LogP contribution in [0.25, 0.3) is 0 Å². The van der Waals surface area contributed by atoms with E-state index in [0.717, 1.165) is 0 Å². The third-order valence-corrected chi connectivity index (χ3v) is 6.15. The normalized spacial score (nSPS) is 18.9. The van der Waals surface area contributed by atoms with Gasteiger partial charge in [0.2, 0.25) is 17.7 Å². The molecule has 1 aromatic carbocycles. The molecule has 0 spiro atoms. The number of likely N-dealkylation sites (tertiary alicyclic amines) is 1.